The number of carbonyl (C=O) groups is 1. The Labute approximate surface area is 221 Å². The van der Waals surface area contributed by atoms with Gasteiger partial charge in [-0.3, -0.25) is 4.79 Å². The van der Waals surface area contributed by atoms with Crippen LogP contribution in [0.5, 0.6) is 0 Å². The van der Waals surface area contributed by atoms with Crippen LogP contribution in [0.4, 0.5) is 5.69 Å². The average molecular weight is 498 g/mol. The summed E-state index contributed by atoms with van der Waals surface area (Å²) in [5, 5.41) is 3.47. The third-order valence-electron chi connectivity index (χ3n) is 6.52. The molecule has 0 aliphatic carbocycles. The van der Waals surface area contributed by atoms with Crippen molar-refractivity contribution in [1.29, 1.82) is 0 Å². The summed E-state index contributed by atoms with van der Waals surface area (Å²) < 4.78 is 4.86. The maximum Gasteiger partial charge on any atom is 0.253 e. The molecule has 1 saturated heterocycles. The van der Waals surface area contributed by atoms with Crippen molar-refractivity contribution in [3.05, 3.63) is 59.7 Å². The van der Waals surface area contributed by atoms with Gasteiger partial charge in [-0.05, 0) is 76.3 Å². The highest BCUT2D eigenvalue weighted by atomic mass is 16.5. The Morgan fingerprint density at radius 2 is 1.97 bits per heavy atom. The monoisotopic (exact) mass is 497 g/mol. The molecule has 2 aliphatic heterocycles. The van der Waals surface area contributed by atoms with E-state index < -0.39 is 0 Å². The van der Waals surface area contributed by atoms with Gasteiger partial charge in [0.15, 0.2) is 0 Å². The van der Waals surface area contributed by atoms with Crippen LogP contribution < -0.4 is 10.2 Å². The molecule has 0 radical (unpaired) electrons. The van der Waals surface area contributed by atoms with E-state index in [-0.39, 0.29) is 5.91 Å². The minimum atomic E-state index is 0.177. The fourth-order valence-corrected chi connectivity index (χ4v) is 4.25. The van der Waals surface area contributed by atoms with Crippen LogP contribution in [0.3, 0.4) is 0 Å². The Balaban J connectivity index is 0.000000710. The third-order valence-corrected chi connectivity index (χ3v) is 6.52. The van der Waals surface area contributed by atoms with E-state index in [0.717, 1.165) is 70.1 Å². The van der Waals surface area contributed by atoms with Gasteiger partial charge in [0.1, 0.15) is 0 Å². The molecule has 0 spiro atoms. The first-order valence-electron chi connectivity index (χ1n) is 13.8. The zero-order valence-electron chi connectivity index (χ0n) is 24.0. The number of rotatable bonds is 8. The number of carbonyl (C=O) groups excluding carboxylic acids is 1. The van der Waals surface area contributed by atoms with E-state index in [4.69, 9.17) is 4.74 Å². The Morgan fingerprint density at radius 3 is 2.50 bits per heavy atom. The van der Waals surface area contributed by atoms with Crippen molar-refractivity contribution in [2.45, 2.75) is 60.8 Å². The van der Waals surface area contributed by atoms with Crippen molar-refractivity contribution < 1.29 is 9.53 Å². The molecule has 5 heteroatoms. The number of likely N-dealkylation sites (tertiary alicyclic amines) is 1. The summed E-state index contributed by atoms with van der Waals surface area (Å²) >= 11 is 0. The van der Waals surface area contributed by atoms with E-state index in [9.17, 15) is 4.79 Å². The second kappa shape index (κ2) is 18.0. The molecule has 36 heavy (non-hydrogen) atoms. The highest BCUT2D eigenvalue weighted by molar-refractivity contribution is 5.96. The van der Waals surface area contributed by atoms with Crippen molar-refractivity contribution in [2.75, 3.05) is 57.9 Å². The van der Waals surface area contributed by atoms with E-state index in [0.29, 0.717) is 6.61 Å². The van der Waals surface area contributed by atoms with Crippen LogP contribution in [0.25, 0.3) is 5.57 Å². The normalized spacial score (nSPS) is 16.1. The fourth-order valence-electron chi connectivity index (χ4n) is 4.25. The Kier molecular flexibility index (Phi) is 15.8. The SMILES string of the molecule is C/C=C(\C)CN(C)c1ccc(C(=O)N2CCC(C)CC2)cc1C1=CCCNC1.C=CCOCC.CC. The number of amides is 1. The Bertz CT molecular complexity index is 851. The van der Waals surface area contributed by atoms with Gasteiger partial charge in [0.2, 0.25) is 0 Å². The summed E-state index contributed by atoms with van der Waals surface area (Å²) in [5.41, 5.74) is 5.84. The van der Waals surface area contributed by atoms with E-state index in [1.165, 1.54) is 22.4 Å². The second-order valence-electron chi connectivity index (χ2n) is 9.34. The Morgan fingerprint density at radius 1 is 1.28 bits per heavy atom. The van der Waals surface area contributed by atoms with Gasteiger partial charge >= 0.3 is 0 Å². The van der Waals surface area contributed by atoms with E-state index in [1.54, 1.807) is 6.08 Å². The van der Waals surface area contributed by atoms with Crippen LogP contribution >= 0.6 is 0 Å². The van der Waals surface area contributed by atoms with Crippen LogP contribution in [-0.4, -0.2) is 63.8 Å². The largest absolute Gasteiger partial charge is 0.378 e. The molecule has 5 nitrogen and oxygen atoms in total. The number of likely N-dealkylation sites (N-methyl/N-ethyl adjacent to an activating group) is 1. The number of benzene rings is 1. The quantitative estimate of drug-likeness (QED) is 0.326. The van der Waals surface area contributed by atoms with Crippen LogP contribution in [0, 0.1) is 5.92 Å². The molecule has 1 fully saturated rings. The number of nitrogens with one attached hydrogen (secondary N) is 1. The maximum absolute atomic E-state index is 13.1. The minimum Gasteiger partial charge on any atom is -0.378 e. The van der Waals surface area contributed by atoms with Crippen LogP contribution in [-0.2, 0) is 4.74 Å². The highest BCUT2D eigenvalue weighted by Crippen LogP contribution is 2.30. The average Bonchev–Trinajstić information content (AvgIpc) is 2.93. The molecule has 1 amide bonds. The first kappa shape index (κ1) is 31.7. The lowest BCUT2D eigenvalue weighted by molar-refractivity contribution is 0.0697. The molecule has 2 aliphatic rings. The smallest absolute Gasteiger partial charge is 0.253 e. The standard InChI is InChI=1S/C24H35N3O.C5H10O.C2H6/c1-5-18(2)17-26(4)23-9-8-20(15-22(23)21-7-6-12-25-16-21)24(28)27-13-10-19(3)11-14-27;1-3-5-6-4-2;1-2/h5,7-9,15,19,25H,6,10-14,16-17H2,1-4H3;3H,1,4-5H2,2H3;1-2H3/b18-5+;;. The molecular weight excluding hydrogens is 446 g/mol. The third kappa shape index (κ3) is 10.3. The molecular formula is C31H51N3O2. The van der Waals surface area contributed by atoms with Crippen molar-refractivity contribution in [2.24, 2.45) is 5.92 Å². The molecule has 1 N–H and O–H groups in total. The molecule has 0 atom stereocenters. The number of anilines is 1. The summed E-state index contributed by atoms with van der Waals surface area (Å²) in [6.07, 6.45) is 9.47. The van der Waals surface area contributed by atoms with Gasteiger partial charge in [-0.2, -0.15) is 0 Å². The molecule has 0 bridgehead atoms. The predicted molar refractivity (Wildman–Crippen MR) is 157 cm³/mol. The summed E-state index contributed by atoms with van der Waals surface area (Å²) in [5.74, 6) is 0.903. The van der Waals surface area contributed by atoms with Crippen molar-refractivity contribution in [1.82, 2.24) is 10.2 Å². The van der Waals surface area contributed by atoms with Crippen molar-refractivity contribution >= 4 is 17.2 Å². The maximum atomic E-state index is 13.1. The van der Waals surface area contributed by atoms with E-state index in [1.807, 2.05) is 31.7 Å². The lowest BCUT2D eigenvalue weighted by atomic mass is 9.95. The van der Waals surface area contributed by atoms with E-state index in [2.05, 4.69) is 68.9 Å². The minimum absolute atomic E-state index is 0.177. The van der Waals surface area contributed by atoms with Gasteiger partial charge < -0.3 is 19.9 Å². The summed E-state index contributed by atoms with van der Waals surface area (Å²) in [6.45, 7) is 21.9. The number of ether oxygens (including phenoxy) is 1. The lowest BCUT2D eigenvalue weighted by Crippen LogP contribution is -2.38. The number of nitrogens with zero attached hydrogens (tertiary/aromatic N) is 2. The molecule has 3 rings (SSSR count). The molecule has 202 valence electrons. The van der Waals surface area contributed by atoms with E-state index >= 15 is 0 Å². The van der Waals surface area contributed by atoms with Gasteiger partial charge in [-0.15, -0.1) is 6.58 Å². The first-order valence-corrected chi connectivity index (χ1v) is 13.8. The second-order valence-corrected chi connectivity index (χ2v) is 9.34. The number of hydrogen-bond acceptors (Lipinski definition) is 4. The molecule has 1 aromatic rings. The lowest BCUT2D eigenvalue weighted by Gasteiger charge is -2.31. The van der Waals surface area contributed by atoms with Gasteiger partial charge in [-0.25, -0.2) is 0 Å². The summed E-state index contributed by atoms with van der Waals surface area (Å²) in [7, 11) is 2.14. The van der Waals surface area contributed by atoms with Crippen molar-refractivity contribution in [3.8, 4) is 0 Å². The zero-order chi connectivity index (χ0) is 26.9. The highest BCUT2D eigenvalue weighted by Gasteiger charge is 2.23. The molecule has 0 saturated carbocycles. The van der Waals surface area contributed by atoms with Crippen molar-refractivity contribution in [3.63, 3.8) is 0 Å². The zero-order valence-corrected chi connectivity index (χ0v) is 24.0. The van der Waals surface area contributed by atoms with Crippen LogP contribution in [0.1, 0.15) is 76.7 Å². The van der Waals surface area contributed by atoms with Gasteiger partial charge in [0.25, 0.3) is 5.91 Å². The van der Waals surface area contributed by atoms with Crippen LogP contribution in [0.2, 0.25) is 0 Å². The molecule has 1 aromatic carbocycles. The first-order chi connectivity index (χ1) is 17.4. The van der Waals surface area contributed by atoms with Gasteiger partial charge in [0, 0.05) is 56.6 Å². The summed E-state index contributed by atoms with van der Waals surface area (Å²) in [4.78, 5) is 17.4. The molecule has 0 unspecified atom stereocenters. The fraction of sp³-hybridized carbons (Fsp3) is 0.581. The van der Waals surface area contributed by atoms with Gasteiger partial charge in [-0.1, -0.05) is 44.6 Å². The topological polar surface area (TPSA) is 44.8 Å². The number of allylic oxidation sites excluding steroid dienone is 1. The summed E-state index contributed by atoms with van der Waals surface area (Å²) in [6, 6.07) is 6.26. The Hall–Kier alpha value is -2.37. The van der Waals surface area contributed by atoms with Crippen LogP contribution in [0.15, 0.2) is 48.6 Å². The number of piperidine rings is 1. The van der Waals surface area contributed by atoms with Gasteiger partial charge in [0.05, 0.1) is 6.61 Å². The predicted octanol–water partition coefficient (Wildman–Crippen LogP) is 6.57. The molecule has 2 heterocycles. The number of hydrogen-bond donors (Lipinski definition) is 1. The molecule has 0 aromatic heterocycles.